The Balaban J connectivity index is 2.23. The predicted molar refractivity (Wildman–Crippen MR) is 60.3 cm³/mol. The molecular weight excluding hydrogens is 174 g/mol. The second kappa shape index (κ2) is 6.20. The van der Waals surface area contributed by atoms with E-state index in [2.05, 4.69) is 18.8 Å². The van der Waals surface area contributed by atoms with Crippen molar-refractivity contribution in [2.24, 2.45) is 0 Å². The van der Waals surface area contributed by atoms with Crippen molar-refractivity contribution < 1.29 is 5.11 Å². The highest BCUT2D eigenvalue weighted by Gasteiger charge is 2.23. The third-order valence-electron chi connectivity index (χ3n) is 3.03. The van der Waals surface area contributed by atoms with Crippen LogP contribution in [-0.2, 0) is 0 Å². The number of hydrogen-bond donors (Lipinski definition) is 2. The van der Waals surface area contributed by atoms with Gasteiger partial charge in [-0.05, 0) is 32.6 Å². The molecule has 3 atom stereocenters. The van der Waals surface area contributed by atoms with E-state index < -0.39 is 0 Å². The van der Waals surface area contributed by atoms with Gasteiger partial charge < -0.3 is 10.4 Å². The Morgan fingerprint density at radius 3 is 2.86 bits per heavy atom. The second-order valence-electron chi connectivity index (χ2n) is 4.39. The predicted octanol–water partition coefficient (Wildman–Crippen LogP) is 2.23. The lowest BCUT2D eigenvalue weighted by Gasteiger charge is -2.31. The summed E-state index contributed by atoms with van der Waals surface area (Å²) < 4.78 is 0. The third kappa shape index (κ3) is 3.81. The van der Waals surface area contributed by atoms with E-state index in [0.29, 0.717) is 12.1 Å². The van der Waals surface area contributed by atoms with Gasteiger partial charge in [0.2, 0.25) is 0 Å². The largest absolute Gasteiger partial charge is 0.392 e. The van der Waals surface area contributed by atoms with Crippen molar-refractivity contribution in [3.63, 3.8) is 0 Å². The van der Waals surface area contributed by atoms with Gasteiger partial charge in [0.15, 0.2) is 0 Å². The molecule has 1 aliphatic rings. The number of rotatable bonds is 5. The van der Waals surface area contributed by atoms with E-state index in [1.54, 1.807) is 0 Å². The zero-order valence-electron chi connectivity index (χ0n) is 9.21. The van der Waals surface area contributed by atoms with Crippen molar-refractivity contribution >= 4 is 0 Å². The number of allylic oxidation sites excluding steroid dienone is 1. The van der Waals surface area contributed by atoms with Crippen molar-refractivity contribution in [3.8, 4) is 0 Å². The second-order valence-corrected chi connectivity index (χ2v) is 4.39. The first-order valence-corrected chi connectivity index (χ1v) is 5.79. The summed E-state index contributed by atoms with van der Waals surface area (Å²) in [5, 5.41) is 13.3. The van der Waals surface area contributed by atoms with Crippen LogP contribution in [0, 0.1) is 0 Å². The van der Waals surface area contributed by atoms with Crippen LogP contribution in [-0.4, -0.2) is 23.3 Å². The molecule has 0 aliphatic heterocycles. The molecule has 1 fully saturated rings. The highest BCUT2D eigenvalue weighted by atomic mass is 16.3. The smallest absolute Gasteiger partial charge is 0.0693 e. The quantitative estimate of drug-likeness (QED) is 0.662. The minimum Gasteiger partial charge on any atom is -0.392 e. The SMILES string of the molecule is C=CCC[C@H](C)N[C@H]1CCCC[C@@H]1O. The van der Waals surface area contributed by atoms with Gasteiger partial charge >= 0.3 is 0 Å². The monoisotopic (exact) mass is 197 g/mol. The molecule has 0 aromatic carbocycles. The number of hydrogen-bond acceptors (Lipinski definition) is 2. The summed E-state index contributed by atoms with van der Waals surface area (Å²) >= 11 is 0. The molecule has 0 bridgehead atoms. The first kappa shape index (κ1) is 11.7. The summed E-state index contributed by atoms with van der Waals surface area (Å²) in [5.41, 5.74) is 0. The number of aliphatic hydroxyl groups is 1. The van der Waals surface area contributed by atoms with Crippen molar-refractivity contribution in [3.05, 3.63) is 12.7 Å². The van der Waals surface area contributed by atoms with Gasteiger partial charge in [-0.2, -0.15) is 0 Å². The fourth-order valence-corrected chi connectivity index (χ4v) is 2.12. The average molecular weight is 197 g/mol. The van der Waals surface area contributed by atoms with E-state index in [0.717, 1.165) is 25.7 Å². The van der Waals surface area contributed by atoms with E-state index in [-0.39, 0.29) is 6.10 Å². The molecular formula is C12H23NO. The van der Waals surface area contributed by atoms with E-state index in [4.69, 9.17) is 0 Å². The summed E-state index contributed by atoms with van der Waals surface area (Å²) in [6.07, 6.45) is 8.52. The zero-order valence-corrected chi connectivity index (χ0v) is 9.21. The van der Waals surface area contributed by atoms with Gasteiger partial charge in [0, 0.05) is 12.1 Å². The molecule has 0 saturated heterocycles. The number of aliphatic hydroxyl groups excluding tert-OH is 1. The van der Waals surface area contributed by atoms with Crippen LogP contribution in [0.25, 0.3) is 0 Å². The Labute approximate surface area is 87.4 Å². The van der Waals surface area contributed by atoms with Crippen molar-refractivity contribution in [1.82, 2.24) is 5.32 Å². The van der Waals surface area contributed by atoms with Crippen LogP contribution in [0.1, 0.15) is 45.4 Å². The third-order valence-corrected chi connectivity index (χ3v) is 3.03. The Morgan fingerprint density at radius 2 is 2.21 bits per heavy atom. The van der Waals surface area contributed by atoms with Crippen LogP contribution < -0.4 is 5.32 Å². The van der Waals surface area contributed by atoms with E-state index in [1.165, 1.54) is 12.8 Å². The van der Waals surface area contributed by atoms with Gasteiger partial charge in [-0.25, -0.2) is 0 Å². The van der Waals surface area contributed by atoms with Crippen molar-refractivity contribution in [1.29, 1.82) is 0 Å². The minimum absolute atomic E-state index is 0.130. The van der Waals surface area contributed by atoms with Crippen molar-refractivity contribution in [2.45, 2.75) is 63.6 Å². The Hall–Kier alpha value is -0.340. The molecule has 1 rings (SSSR count). The van der Waals surface area contributed by atoms with Crippen LogP contribution in [0.2, 0.25) is 0 Å². The first-order chi connectivity index (χ1) is 6.74. The first-order valence-electron chi connectivity index (χ1n) is 5.79. The van der Waals surface area contributed by atoms with E-state index in [1.807, 2.05) is 6.08 Å². The summed E-state index contributed by atoms with van der Waals surface area (Å²) in [6, 6.07) is 0.814. The standard InChI is InChI=1S/C12H23NO/c1-3-4-7-10(2)13-11-8-5-6-9-12(11)14/h3,10-14H,1,4-9H2,2H3/t10-,11-,12-/m0/s1. The van der Waals surface area contributed by atoms with E-state index >= 15 is 0 Å². The van der Waals surface area contributed by atoms with Crippen LogP contribution >= 0.6 is 0 Å². The number of nitrogens with one attached hydrogen (secondary N) is 1. The average Bonchev–Trinajstić information content (AvgIpc) is 2.18. The molecule has 82 valence electrons. The van der Waals surface area contributed by atoms with E-state index in [9.17, 15) is 5.11 Å². The molecule has 2 heteroatoms. The summed E-state index contributed by atoms with van der Waals surface area (Å²) in [7, 11) is 0. The van der Waals surface area contributed by atoms with Crippen LogP contribution in [0.4, 0.5) is 0 Å². The molecule has 1 saturated carbocycles. The van der Waals surface area contributed by atoms with Gasteiger partial charge in [0.25, 0.3) is 0 Å². The zero-order chi connectivity index (χ0) is 10.4. The van der Waals surface area contributed by atoms with Gasteiger partial charge in [0.05, 0.1) is 6.10 Å². The van der Waals surface area contributed by atoms with Crippen LogP contribution in [0.5, 0.6) is 0 Å². The Bertz CT molecular complexity index is 170. The lowest BCUT2D eigenvalue weighted by atomic mass is 9.92. The molecule has 0 amide bonds. The molecule has 2 N–H and O–H groups in total. The highest BCUT2D eigenvalue weighted by Crippen LogP contribution is 2.19. The van der Waals surface area contributed by atoms with Gasteiger partial charge in [-0.3, -0.25) is 0 Å². The van der Waals surface area contributed by atoms with Crippen LogP contribution in [0.15, 0.2) is 12.7 Å². The van der Waals surface area contributed by atoms with Gasteiger partial charge in [0.1, 0.15) is 0 Å². The fraction of sp³-hybridized carbons (Fsp3) is 0.833. The maximum atomic E-state index is 9.76. The topological polar surface area (TPSA) is 32.3 Å². The maximum absolute atomic E-state index is 9.76. The normalized spacial score (nSPS) is 29.9. The molecule has 0 aromatic rings. The molecule has 2 nitrogen and oxygen atoms in total. The molecule has 0 heterocycles. The highest BCUT2D eigenvalue weighted by molar-refractivity contribution is 4.83. The van der Waals surface area contributed by atoms with Crippen LogP contribution in [0.3, 0.4) is 0 Å². The lowest BCUT2D eigenvalue weighted by molar-refractivity contribution is 0.0854. The van der Waals surface area contributed by atoms with Gasteiger partial charge in [-0.1, -0.05) is 18.9 Å². The Morgan fingerprint density at radius 1 is 1.50 bits per heavy atom. The lowest BCUT2D eigenvalue weighted by Crippen LogP contribution is -2.46. The molecule has 0 spiro atoms. The molecule has 0 unspecified atom stereocenters. The molecule has 14 heavy (non-hydrogen) atoms. The minimum atomic E-state index is -0.130. The van der Waals surface area contributed by atoms with Gasteiger partial charge in [-0.15, -0.1) is 6.58 Å². The Kier molecular flexibility index (Phi) is 5.20. The summed E-state index contributed by atoms with van der Waals surface area (Å²) in [6.45, 7) is 5.90. The maximum Gasteiger partial charge on any atom is 0.0693 e. The summed E-state index contributed by atoms with van der Waals surface area (Å²) in [4.78, 5) is 0. The van der Waals surface area contributed by atoms with Crippen molar-refractivity contribution in [2.75, 3.05) is 0 Å². The molecule has 0 aromatic heterocycles. The fourth-order valence-electron chi connectivity index (χ4n) is 2.12. The molecule has 0 radical (unpaired) electrons. The summed E-state index contributed by atoms with van der Waals surface area (Å²) in [5.74, 6) is 0. The molecule has 1 aliphatic carbocycles.